The zero-order valence-corrected chi connectivity index (χ0v) is 11.8. The molecular formula is C13H7BrF4N2O. The van der Waals surface area contributed by atoms with E-state index in [1.807, 2.05) is 0 Å². The van der Waals surface area contributed by atoms with Crippen LogP contribution >= 0.6 is 15.9 Å². The summed E-state index contributed by atoms with van der Waals surface area (Å²) in [6, 6.07) is 5.36. The Bertz CT molecular complexity index is 671. The third-order valence-corrected chi connectivity index (χ3v) is 3.15. The van der Waals surface area contributed by atoms with Gasteiger partial charge in [-0.2, -0.15) is 13.2 Å². The smallest absolute Gasteiger partial charge is 0.321 e. The highest BCUT2D eigenvalue weighted by atomic mass is 79.9. The molecule has 0 radical (unpaired) electrons. The zero-order chi connectivity index (χ0) is 15.6. The van der Waals surface area contributed by atoms with Crippen molar-refractivity contribution >= 4 is 27.5 Å². The van der Waals surface area contributed by atoms with Gasteiger partial charge in [-0.3, -0.25) is 9.78 Å². The van der Waals surface area contributed by atoms with Crippen LogP contribution in [-0.2, 0) is 6.18 Å². The van der Waals surface area contributed by atoms with Crippen LogP contribution in [0.3, 0.4) is 0 Å². The fourth-order valence-corrected chi connectivity index (χ4v) is 1.93. The first-order valence-electron chi connectivity index (χ1n) is 5.57. The lowest BCUT2D eigenvalue weighted by molar-refractivity contribution is -0.141. The second kappa shape index (κ2) is 5.80. The van der Waals surface area contributed by atoms with E-state index in [1.54, 1.807) is 0 Å². The van der Waals surface area contributed by atoms with Crippen LogP contribution in [0.5, 0.6) is 0 Å². The van der Waals surface area contributed by atoms with Crippen molar-refractivity contribution in [2.45, 2.75) is 6.18 Å². The van der Waals surface area contributed by atoms with Gasteiger partial charge < -0.3 is 5.32 Å². The number of hydrogen-bond acceptors (Lipinski definition) is 2. The molecule has 1 aromatic carbocycles. The Hall–Kier alpha value is -1.96. The number of nitrogens with zero attached hydrogens (tertiary/aromatic N) is 1. The van der Waals surface area contributed by atoms with Gasteiger partial charge in [0.1, 0.15) is 11.5 Å². The maximum absolute atomic E-state index is 12.9. The number of aromatic nitrogens is 1. The van der Waals surface area contributed by atoms with Gasteiger partial charge in [-0.05, 0) is 46.3 Å². The van der Waals surface area contributed by atoms with Gasteiger partial charge >= 0.3 is 6.18 Å². The average molecular weight is 363 g/mol. The van der Waals surface area contributed by atoms with Crippen molar-refractivity contribution < 1.29 is 22.4 Å². The Morgan fingerprint density at radius 3 is 2.43 bits per heavy atom. The van der Waals surface area contributed by atoms with E-state index in [9.17, 15) is 22.4 Å². The number of amides is 1. The van der Waals surface area contributed by atoms with E-state index in [1.165, 1.54) is 6.07 Å². The molecule has 110 valence electrons. The van der Waals surface area contributed by atoms with Gasteiger partial charge in [-0.15, -0.1) is 0 Å². The number of carbonyl (C=O) groups is 1. The quantitative estimate of drug-likeness (QED) is 0.811. The van der Waals surface area contributed by atoms with Gasteiger partial charge in [0.15, 0.2) is 0 Å². The third-order valence-electron chi connectivity index (χ3n) is 2.50. The van der Waals surface area contributed by atoms with Crippen molar-refractivity contribution in [2.75, 3.05) is 5.32 Å². The molecule has 0 aliphatic carbocycles. The fourth-order valence-electron chi connectivity index (χ4n) is 1.48. The number of hydrogen-bond donors (Lipinski definition) is 1. The van der Waals surface area contributed by atoms with Crippen molar-refractivity contribution in [2.24, 2.45) is 0 Å². The lowest BCUT2D eigenvalue weighted by Gasteiger charge is -2.09. The van der Waals surface area contributed by atoms with E-state index in [0.717, 1.165) is 24.4 Å². The van der Waals surface area contributed by atoms with E-state index in [0.29, 0.717) is 16.2 Å². The van der Waals surface area contributed by atoms with E-state index in [2.05, 4.69) is 26.2 Å². The molecule has 0 spiro atoms. The molecule has 2 aromatic rings. The lowest BCUT2D eigenvalue weighted by Crippen LogP contribution is -2.14. The molecular weight excluding hydrogens is 356 g/mol. The summed E-state index contributed by atoms with van der Waals surface area (Å²) >= 11 is 3.07. The predicted molar refractivity (Wildman–Crippen MR) is 71.3 cm³/mol. The molecule has 2 rings (SSSR count). The summed E-state index contributed by atoms with van der Waals surface area (Å²) in [5, 5.41) is 2.44. The molecule has 1 amide bonds. The average Bonchev–Trinajstić information content (AvgIpc) is 2.41. The number of benzene rings is 1. The van der Waals surface area contributed by atoms with Crippen LogP contribution in [0.2, 0.25) is 0 Å². The largest absolute Gasteiger partial charge is 0.433 e. The number of nitrogens with one attached hydrogen (secondary N) is 1. The summed E-state index contributed by atoms with van der Waals surface area (Å²) < 4.78 is 50.3. The second-order valence-corrected chi connectivity index (χ2v) is 4.86. The van der Waals surface area contributed by atoms with Gasteiger partial charge in [0.05, 0.1) is 11.3 Å². The van der Waals surface area contributed by atoms with Crippen LogP contribution in [0.25, 0.3) is 0 Å². The molecule has 0 aliphatic rings. The van der Waals surface area contributed by atoms with E-state index in [4.69, 9.17) is 0 Å². The standard InChI is InChI=1S/C13H7BrF4N2O/c14-9-5-8(15)2-3-10(9)20-12(21)7-1-4-11(19-6-7)13(16,17)18/h1-6H,(H,20,21). The van der Waals surface area contributed by atoms with Crippen LogP contribution in [0.15, 0.2) is 41.0 Å². The summed E-state index contributed by atoms with van der Waals surface area (Å²) in [4.78, 5) is 15.1. The third kappa shape index (κ3) is 3.78. The molecule has 0 fully saturated rings. The number of pyridine rings is 1. The lowest BCUT2D eigenvalue weighted by atomic mass is 10.2. The number of alkyl halides is 3. The van der Waals surface area contributed by atoms with Crippen LogP contribution in [0.4, 0.5) is 23.2 Å². The number of carbonyl (C=O) groups excluding carboxylic acids is 1. The Morgan fingerprint density at radius 2 is 1.90 bits per heavy atom. The number of halogens is 5. The molecule has 3 nitrogen and oxygen atoms in total. The molecule has 0 atom stereocenters. The van der Waals surface area contributed by atoms with Gasteiger partial charge in [0.2, 0.25) is 0 Å². The van der Waals surface area contributed by atoms with Gasteiger partial charge in [-0.1, -0.05) is 0 Å². The Kier molecular flexibility index (Phi) is 4.26. The second-order valence-electron chi connectivity index (χ2n) is 4.01. The molecule has 0 saturated heterocycles. The van der Waals surface area contributed by atoms with Crippen molar-refractivity contribution in [1.82, 2.24) is 4.98 Å². The zero-order valence-electron chi connectivity index (χ0n) is 10.2. The van der Waals surface area contributed by atoms with Gasteiger partial charge in [0, 0.05) is 10.7 Å². The first-order valence-corrected chi connectivity index (χ1v) is 6.36. The first kappa shape index (κ1) is 15.4. The maximum atomic E-state index is 12.9. The van der Waals surface area contributed by atoms with E-state index in [-0.39, 0.29) is 5.56 Å². The van der Waals surface area contributed by atoms with Crippen molar-refractivity contribution in [3.63, 3.8) is 0 Å². The van der Waals surface area contributed by atoms with Crippen LogP contribution in [0.1, 0.15) is 16.1 Å². The van der Waals surface area contributed by atoms with E-state index >= 15 is 0 Å². The normalized spacial score (nSPS) is 11.3. The van der Waals surface area contributed by atoms with Crippen molar-refractivity contribution in [1.29, 1.82) is 0 Å². The summed E-state index contributed by atoms with van der Waals surface area (Å²) in [5.41, 5.74) is -0.831. The molecule has 1 heterocycles. The van der Waals surface area contributed by atoms with Gasteiger partial charge in [-0.25, -0.2) is 4.39 Å². The molecule has 1 aromatic heterocycles. The fraction of sp³-hybridized carbons (Fsp3) is 0.0769. The minimum absolute atomic E-state index is 0.0424. The Morgan fingerprint density at radius 1 is 1.19 bits per heavy atom. The number of anilines is 1. The molecule has 0 saturated carbocycles. The first-order chi connectivity index (χ1) is 9.77. The van der Waals surface area contributed by atoms with Gasteiger partial charge in [0.25, 0.3) is 5.91 Å². The summed E-state index contributed by atoms with van der Waals surface area (Å²) in [7, 11) is 0. The highest BCUT2D eigenvalue weighted by Gasteiger charge is 2.32. The SMILES string of the molecule is O=C(Nc1ccc(F)cc1Br)c1ccc(C(F)(F)F)nc1. The molecule has 0 bridgehead atoms. The van der Waals surface area contributed by atoms with Crippen LogP contribution < -0.4 is 5.32 Å². The summed E-state index contributed by atoms with van der Waals surface area (Å²) in [6.45, 7) is 0. The predicted octanol–water partition coefficient (Wildman–Crippen LogP) is 4.25. The molecule has 8 heteroatoms. The minimum Gasteiger partial charge on any atom is -0.321 e. The highest BCUT2D eigenvalue weighted by molar-refractivity contribution is 9.10. The molecule has 0 unspecified atom stereocenters. The van der Waals surface area contributed by atoms with Crippen LogP contribution in [-0.4, -0.2) is 10.9 Å². The Balaban J connectivity index is 2.17. The molecule has 21 heavy (non-hydrogen) atoms. The van der Waals surface area contributed by atoms with Crippen LogP contribution in [0, 0.1) is 5.82 Å². The summed E-state index contributed by atoms with van der Waals surface area (Å²) in [5.74, 6) is -1.14. The molecule has 0 aliphatic heterocycles. The monoisotopic (exact) mass is 362 g/mol. The molecule has 1 N–H and O–H groups in total. The maximum Gasteiger partial charge on any atom is 0.433 e. The van der Waals surface area contributed by atoms with E-state index < -0.39 is 23.6 Å². The minimum atomic E-state index is -4.56. The Labute approximate surface area is 125 Å². The topological polar surface area (TPSA) is 42.0 Å². The number of rotatable bonds is 2. The van der Waals surface area contributed by atoms with Crippen molar-refractivity contribution in [3.05, 3.63) is 58.1 Å². The van der Waals surface area contributed by atoms with Crippen molar-refractivity contribution in [3.8, 4) is 0 Å². The highest BCUT2D eigenvalue weighted by Crippen LogP contribution is 2.27. The summed E-state index contributed by atoms with van der Waals surface area (Å²) in [6.07, 6.45) is -3.73.